The first-order valence-electron chi connectivity index (χ1n) is 8.58. The van der Waals surface area contributed by atoms with Crippen molar-refractivity contribution >= 4 is 17.4 Å². The number of ether oxygens (including phenoxy) is 2. The number of carbonyl (C=O) groups is 1. The Kier molecular flexibility index (Phi) is 6.25. The molecule has 0 aliphatic heterocycles. The van der Waals surface area contributed by atoms with Gasteiger partial charge >= 0.3 is 0 Å². The van der Waals surface area contributed by atoms with E-state index in [1.165, 1.54) is 0 Å². The summed E-state index contributed by atoms with van der Waals surface area (Å²) in [4.78, 5) is 16.4. The van der Waals surface area contributed by atoms with Crippen LogP contribution >= 0.6 is 0 Å². The van der Waals surface area contributed by atoms with Crippen LogP contribution in [-0.2, 0) is 0 Å². The van der Waals surface area contributed by atoms with Gasteiger partial charge in [0.25, 0.3) is 5.91 Å². The lowest BCUT2D eigenvalue weighted by molar-refractivity contribution is 0.0946. The summed E-state index contributed by atoms with van der Waals surface area (Å²) in [5.41, 5.74) is 1.44. The van der Waals surface area contributed by atoms with Crippen LogP contribution in [0.15, 0.2) is 72.9 Å². The summed E-state index contributed by atoms with van der Waals surface area (Å²) in [5.74, 6) is 1.99. The molecule has 0 spiro atoms. The highest BCUT2D eigenvalue weighted by atomic mass is 16.5. The second kappa shape index (κ2) is 9.24. The highest BCUT2D eigenvalue weighted by molar-refractivity contribution is 5.94. The van der Waals surface area contributed by atoms with Crippen molar-refractivity contribution in [3.8, 4) is 11.5 Å². The van der Waals surface area contributed by atoms with Crippen LogP contribution in [0.5, 0.6) is 11.5 Å². The van der Waals surface area contributed by atoms with Gasteiger partial charge < -0.3 is 20.1 Å². The van der Waals surface area contributed by atoms with Crippen molar-refractivity contribution in [2.45, 2.75) is 0 Å². The minimum absolute atomic E-state index is 0.188. The van der Waals surface area contributed by atoms with Gasteiger partial charge in [-0.05, 0) is 48.5 Å². The van der Waals surface area contributed by atoms with Crippen molar-refractivity contribution in [1.82, 2.24) is 10.3 Å². The number of amides is 1. The van der Waals surface area contributed by atoms with E-state index in [9.17, 15) is 4.79 Å². The molecule has 0 bridgehead atoms. The van der Waals surface area contributed by atoms with Crippen molar-refractivity contribution in [2.24, 2.45) is 0 Å². The zero-order valence-corrected chi connectivity index (χ0v) is 15.0. The summed E-state index contributed by atoms with van der Waals surface area (Å²) in [6, 6.07) is 20.5. The number of hydrogen-bond acceptors (Lipinski definition) is 5. The molecule has 2 N–H and O–H groups in total. The van der Waals surface area contributed by atoms with Crippen molar-refractivity contribution in [3.63, 3.8) is 0 Å². The Morgan fingerprint density at radius 3 is 2.37 bits per heavy atom. The number of carbonyl (C=O) groups excluding carboxylic acids is 1. The van der Waals surface area contributed by atoms with Gasteiger partial charge in [-0.15, -0.1) is 0 Å². The molecule has 1 amide bonds. The van der Waals surface area contributed by atoms with E-state index >= 15 is 0 Å². The molecule has 138 valence electrons. The van der Waals surface area contributed by atoms with Gasteiger partial charge in [0.2, 0.25) is 0 Å². The lowest BCUT2D eigenvalue weighted by atomic mass is 10.2. The van der Waals surface area contributed by atoms with Crippen molar-refractivity contribution in [3.05, 3.63) is 78.5 Å². The van der Waals surface area contributed by atoms with E-state index < -0.39 is 0 Å². The summed E-state index contributed by atoms with van der Waals surface area (Å²) in [5, 5.41) is 5.99. The van der Waals surface area contributed by atoms with Crippen LogP contribution in [0.1, 0.15) is 10.4 Å². The smallest absolute Gasteiger partial charge is 0.252 e. The number of methoxy groups -OCH3 is 1. The Hall–Kier alpha value is -3.54. The van der Waals surface area contributed by atoms with Gasteiger partial charge in [0.1, 0.15) is 23.9 Å². The van der Waals surface area contributed by atoms with Crippen molar-refractivity contribution in [2.75, 3.05) is 25.6 Å². The average Bonchev–Trinajstić information content (AvgIpc) is 2.73. The molecule has 0 saturated carbocycles. The summed E-state index contributed by atoms with van der Waals surface area (Å²) < 4.78 is 10.7. The highest BCUT2D eigenvalue weighted by Gasteiger charge is 2.06. The third kappa shape index (κ3) is 5.47. The maximum Gasteiger partial charge on any atom is 0.252 e. The number of rotatable bonds is 8. The summed E-state index contributed by atoms with van der Waals surface area (Å²) in [6.45, 7) is 0.772. The maximum atomic E-state index is 12.2. The zero-order chi connectivity index (χ0) is 18.9. The maximum absolute atomic E-state index is 12.2. The SMILES string of the molecule is COc1ccc(OCCNC(=O)c2ccc(Nc3ccccc3)nc2)cc1. The molecular formula is C21H21N3O3. The number of nitrogens with zero attached hydrogens (tertiary/aromatic N) is 1. The Morgan fingerprint density at radius 1 is 0.963 bits per heavy atom. The molecule has 0 atom stereocenters. The molecule has 27 heavy (non-hydrogen) atoms. The van der Waals surface area contributed by atoms with E-state index in [-0.39, 0.29) is 5.91 Å². The van der Waals surface area contributed by atoms with Gasteiger partial charge in [0.15, 0.2) is 0 Å². The fourth-order valence-corrected chi connectivity index (χ4v) is 2.38. The van der Waals surface area contributed by atoms with E-state index in [1.54, 1.807) is 25.4 Å². The molecule has 0 saturated heterocycles. The number of aromatic nitrogens is 1. The summed E-state index contributed by atoms with van der Waals surface area (Å²) in [6.07, 6.45) is 1.55. The number of anilines is 2. The van der Waals surface area contributed by atoms with Gasteiger partial charge in [0, 0.05) is 11.9 Å². The van der Waals surface area contributed by atoms with Gasteiger partial charge in [-0.3, -0.25) is 4.79 Å². The van der Waals surface area contributed by atoms with E-state index in [0.29, 0.717) is 24.5 Å². The molecule has 0 unspecified atom stereocenters. The molecule has 2 aromatic carbocycles. The highest BCUT2D eigenvalue weighted by Crippen LogP contribution is 2.17. The first kappa shape index (κ1) is 18.3. The zero-order valence-electron chi connectivity index (χ0n) is 15.0. The molecule has 0 fully saturated rings. The van der Waals surface area contributed by atoms with Crippen LogP contribution < -0.4 is 20.1 Å². The van der Waals surface area contributed by atoms with Crippen LogP contribution in [0, 0.1) is 0 Å². The van der Waals surface area contributed by atoms with E-state index in [4.69, 9.17) is 9.47 Å². The molecule has 6 nitrogen and oxygen atoms in total. The Balaban J connectivity index is 1.43. The second-order valence-corrected chi connectivity index (χ2v) is 5.70. The molecule has 1 heterocycles. The Labute approximate surface area is 158 Å². The number of benzene rings is 2. The Bertz CT molecular complexity index is 850. The number of nitrogens with one attached hydrogen (secondary N) is 2. The number of hydrogen-bond donors (Lipinski definition) is 2. The minimum Gasteiger partial charge on any atom is -0.497 e. The number of para-hydroxylation sites is 1. The van der Waals surface area contributed by atoms with Gasteiger partial charge in [0.05, 0.1) is 19.2 Å². The molecular weight excluding hydrogens is 342 g/mol. The second-order valence-electron chi connectivity index (χ2n) is 5.70. The Morgan fingerprint density at radius 2 is 1.70 bits per heavy atom. The molecule has 6 heteroatoms. The molecule has 3 aromatic rings. The fraction of sp³-hybridized carbons (Fsp3) is 0.143. The summed E-state index contributed by atoms with van der Waals surface area (Å²) >= 11 is 0. The topological polar surface area (TPSA) is 72.5 Å². The van der Waals surface area contributed by atoms with Crippen LogP contribution in [0.3, 0.4) is 0 Å². The molecule has 1 aromatic heterocycles. The molecule has 0 aliphatic rings. The first-order valence-corrected chi connectivity index (χ1v) is 8.58. The van der Waals surface area contributed by atoms with Gasteiger partial charge in [-0.25, -0.2) is 4.98 Å². The van der Waals surface area contributed by atoms with Gasteiger partial charge in [-0.2, -0.15) is 0 Å². The van der Waals surface area contributed by atoms with E-state index in [1.807, 2.05) is 54.6 Å². The largest absolute Gasteiger partial charge is 0.497 e. The van der Waals surface area contributed by atoms with Crippen LogP contribution in [0.4, 0.5) is 11.5 Å². The molecule has 3 rings (SSSR count). The monoisotopic (exact) mass is 363 g/mol. The quantitative estimate of drug-likeness (QED) is 0.598. The van der Waals surface area contributed by atoms with Gasteiger partial charge in [-0.1, -0.05) is 18.2 Å². The molecule has 0 radical (unpaired) electrons. The molecule has 0 aliphatic carbocycles. The number of pyridine rings is 1. The normalized spacial score (nSPS) is 10.1. The van der Waals surface area contributed by atoms with Crippen molar-refractivity contribution < 1.29 is 14.3 Å². The average molecular weight is 363 g/mol. The predicted molar refractivity (Wildman–Crippen MR) is 105 cm³/mol. The first-order chi connectivity index (χ1) is 13.2. The fourth-order valence-electron chi connectivity index (χ4n) is 2.38. The summed E-state index contributed by atoms with van der Waals surface area (Å²) in [7, 11) is 1.62. The third-order valence-electron chi connectivity index (χ3n) is 3.79. The van der Waals surface area contributed by atoms with E-state index in [2.05, 4.69) is 15.6 Å². The van der Waals surface area contributed by atoms with Crippen molar-refractivity contribution in [1.29, 1.82) is 0 Å². The minimum atomic E-state index is -0.188. The predicted octanol–water partition coefficient (Wildman–Crippen LogP) is 3.64. The van der Waals surface area contributed by atoms with Crippen LogP contribution in [-0.4, -0.2) is 31.2 Å². The lowest BCUT2D eigenvalue weighted by Crippen LogP contribution is -2.28. The standard InChI is InChI=1S/C21H21N3O3/c1-26-18-8-10-19(11-9-18)27-14-13-22-21(25)16-7-12-20(23-15-16)24-17-5-3-2-4-6-17/h2-12,15H,13-14H2,1H3,(H,22,25)(H,23,24). The van der Waals surface area contributed by atoms with Crippen LogP contribution in [0.25, 0.3) is 0 Å². The van der Waals surface area contributed by atoms with E-state index in [0.717, 1.165) is 17.2 Å². The third-order valence-corrected chi connectivity index (χ3v) is 3.79. The van der Waals surface area contributed by atoms with Crippen LogP contribution in [0.2, 0.25) is 0 Å². The lowest BCUT2D eigenvalue weighted by Gasteiger charge is -2.09.